The Balaban J connectivity index is 2.26. The predicted molar refractivity (Wildman–Crippen MR) is 61.8 cm³/mol. The molecule has 14 heavy (non-hydrogen) atoms. The van der Waals surface area contributed by atoms with Gasteiger partial charge >= 0.3 is 0 Å². The second-order valence-corrected chi connectivity index (χ2v) is 5.00. The maximum Gasteiger partial charge on any atom is 0.0689 e. The normalized spacial score (nSPS) is 32.9. The van der Waals surface area contributed by atoms with Crippen LogP contribution in [0.2, 0.25) is 0 Å². The zero-order valence-corrected chi connectivity index (χ0v) is 10.0. The molecule has 0 aromatic rings. The van der Waals surface area contributed by atoms with Crippen molar-refractivity contribution in [2.45, 2.75) is 39.2 Å². The van der Waals surface area contributed by atoms with Crippen LogP contribution in [0.5, 0.6) is 0 Å². The molecule has 1 saturated carbocycles. The molecule has 0 radical (unpaired) electrons. The van der Waals surface area contributed by atoms with E-state index in [9.17, 15) is 0 Å². The summed E-state index contributed by atoms with van der Waals surface area (Å²) in [7, 11) is 0. The van der Waals surface area contributed by atoms with Crippen LogP contribution in [0, 0.1) is 11.8 Å². The molecule has 1 aliphatic carbocycles. The number of ether oxygens (including phenoxy) is 1. The van der Waals surface area contributed by atoms with Crippen LogP contribution in [0.3, 0.4) is 0 Å². The first-order chi connectivity index (χ1) is 6.61. The quantitative estimate of drug-likeness (QED) is 0.515. The van der Waals surface area contributed by atoms with Crippen molar-refractivity contribution < 1.29 is 4.74 Å². The van der Waals surface area contributed by atoms with E-state index in [-0.39, 0.29) is 0 Å². The number of alkyl halides is 1. The van der Waals surface area contributed by atoms with E-state index in [4.69, 9.17) is 16.3 Å². The molecular formula is C12H21ClO. The van der Waals surface area contributed by atoms with Crippen LogP contribution in [0.15, 0.2) is 12.2 Å². The SMILES string of the molecule is C=C(CCl)COC1CC(C)CC(C)C1. The lowest BCUT2D eigenvalue weighted by atomic mass is 9.82. The van der Waals surface area contributed by atoms with Crippen molar-refractivity contribution in [3.63, 3.8) is 0 Å². The molecule has 1 aliphatic rings. The zero-order valence-electron chi connectivity index (χ0n) is 9.26. The number of halogens is 1. The Bertz CT molecular complexity index is 181. The van der Waals surface area contributed by atoms with Crippen molar-refractivity contribution in [1.29, 1.82) is 0 Å². The van der Waals surface area contributed by atoms with Crippen LogP contribution in [0.25, 0.3) is 0 Å². The van der Waals surface area contributed by atoms with E-state index >= 15 is 0 Å². The van der Waals surface area contributed by atoms with Gasteiger partial charge in [0.1, 0.15) is 0 Å². The molecular weight excluding hydrogens is 196 g/mol. The Kier molecular flexibility index (Phi) is 4.97. The molecule has 0 spiro atoms. The van der Waals surface area contributed by atoms with Gasteiger partial charge in [-0.25, -0.2) is 0 Å². The second kappa shape index (κ2) is 5.77. The van der Waals surface area contributed by atoms with Crippen LogP contribution >= 0.6 is 11.6 Å². The van der Waals surface area contributed by atoms with Gasteiger partial charge in [0.25, 0.3) is 0 Å². The van der Waals surface area contributed by atoms with Crippen LogP contribution in [-0.4, -0.2) is 18.6 Å². The van der Waals surface area contributed by atoms with Gasteiger partial charge in [0.2, 0.25) is 0 Å². The summed E-state index contributed by atoms with van der Waals surface area (Å²) in [4.78, 5) is 0. The minimum atomic E-state index is 0.425. The molecule has 0 amide bonds. The molecule has 0 bridgehead atoms. The van der Waals surface area contributed by atoms with Crippen molar-refractivity contribution in [2.75, 3.05) is 12.5 Å². The van der Waals surface area contributed by atoms with Gasteiger partial charge in [0.05, 0.1) is 12.7 Å². The highest BCUT2D eigenvalue weighted by Gasteiger charge is 2.24. The highest BCUT2D eigenvalue weighted by molar-refractivity contribution is 6.19. The molecule has 2 atom stereocenters. The number of hydrogen-bond donors (Lipinski definition) is 0. The summed E-state index contributed by atoms with van der Waals surface area (Å²) in [5, 5.41) is 0. The second-order valence-electron chi connectivity index (χ2n) is 4.73. The van der Waals surface area contributed by atoms with Gasteiger partial charge in [-0.05, 0) is 36.7 Å². The van der Waals surface area contributed by atoms with E-state index in [1.807, 2.05) is 0 Å². The molecule has 1 fully saturated rings. The third-order valence-corrected chi connectivity index (χ3v) is 3.23. The standard InChI is InChI=1S/C12H21ClO/c1-9-4-10(2)6-12(5-9)14-8-11(3)7-13/h9-10,12H,3-8H2,1-2H3. The lowest BCUT2D eigenvalue weighted by Gasteiger charge is -2.31. The first-order valence-electron chi connectivity index (χ1n) is 5.46. The minimum absolute atomic E-state index is 0.425. The average molecular weight is 217 g/mol. The van der Waals surface area contributed by atoms with Crippen LogP contribution < -0.4 is 0 Å². The summed E-state index contributed by atoms with van der Waals surface area (Å²) in [5.74, 6) is 2.11. The van der Waals surface area contributed by atoms with Gasteiger partial charge in [0.15, 0.2) is 0 Å². The summed E-state index contributed by atoms with van der Waals surface area (Å²) < 4.78 is 5.79. The molecule has 0 aromatic carbocycles. The summed E-state index contributed by atoms with van der Waals surface area (Å²) in [6, 6.07) is 0. The zero-order chi connectivity index (χ0) is 10.6. The van der Waals surface area contributed by atoms with E-state index in [1.165, 1.54) is 19.3 Å². The Morgan fingerprint density at radius 2 is 1.86 bits per heavy atom. The van der Waals surface area contributed by atoms with Crippen molar-refractivity contribution in [3.8, 4) is 0 Å². The van der Waals surface area contributed by atoms with Gasteiger partial charge in [-0.15, -0.1) is 11.6 Å². The highest BCUT2D eigenvalue weighted by atomic mass is 35.5. The first kappa shape index (κ1) is 12.1. The topological polar surface area (TPSA) is 9.23 Å². The van der Waals surface area contributed by atoms with Crippen molar-refractivity contribution in [3.05, 3.63) is 12.2 Å². The molecule has 0 heterocycles. The smallest absolute Gasteiger partial charge is 0.0689 e. The Labute approximate surface area is 92.5 Å². The third-order valence-electron chi connectivity index (χ3n) is 2.85. The largest absolute Gasteiger partial charge is 0.374 e. The molecule has 2 unspecified atom stereocenters. The van der Waals surface area contributed by atoms with E-state index in [1.54, 1.807) is 0 Å². The van der Waals surface area contributed by atoms with Crippen molar-refractivity contribution >= 4 is 11.6 Å². The molecule has 0 saturated heterocycles. The molecule has 1 rings (SSSR count). The summed E-state index contributed by atoms with van der Waals surface area (Å²) in [6.07, 6.45) is 4.16. The van der Waals surface area contributed by atoms with Gasteiger partial charge in [-0.1, -0.05) is 20.4 Å². The van der Waals surface area contributed by atoms with Crippen LogP contribution in [0.1, 0.15) is 33.1 Å². The van der Waals surface area contributed by atoms with E-state index in [0.29, 0.717) is 18.6 Å². The van der Waals surface area contributed by atoms with Crippen LogP contribution in [0.4, 0.5) is 0 Å². The van der Waals surface area contributed by atoms with Crippen LogP contribution in [-0.2, 0) is 4.74 Å². The third kappa shape index (κ3) is 4.02. The van der Waals surface area contributed by atoms with E-state index in [2.05, 4.69) is 20.4 Å². The molecule has 0 N–H and O–H groups in total. The first-order valence-corrected chi connectivity index (χ1v) is 5.99. The highest BCUT2D eigenvalue weighted by Crippen LogP contribution is 2.30. The lowest BCUT2D eigenvalue weighted by molar-refractivity contribution is 0.0129. The molecule has 82 valence electrons. The number of hydrogen-bond acceptors (Lipinski definition) is 1. The van der Waals surface area contributed by atoms with Gasteiger partial charge < -0.3 is 4.74 Å². The fraction of sp³-hybridized carbons (Fsp3) is 0.833. The molecule has 2 heteroatoms. The number of rotatable bonds is 4. The maximum absolute atomic E-state index is 5.79. The minimum Gasteiger partial charge on any atom is -0.374 e. The fourth-order valence-corrected chi connectivity index (χ4v) is 2.36. The summed E-state index contributed by atoms with van der Waals surface area (Å²) in [5.41, 5.74) is 0.984. The Morgan fingerprint density at radius 3 is 2.36 bits per heavy atom. The van der Waals surface area contributed by atoms with Crippen molar-refractivity contribution in [1.82, 2.24) is 0 Å². The van der Waals surface area contributed by atoms with Gasteiger partial charge in [0, 0.05) is 5.88 Å². The Morgan fingerprint density at radius 1 is 1.29 bits per heavy atom. The fourth-order valence-electron chi connectivity index (χ4n) is 2.28. The molecule has 1 nitrogen and oxygen atoms in total. The maximum atomic E-state index is 5.79. The van der Waals surface area contributed by atoms with Gasteiger partial charge in [-0.2, -0.15) is 0 Å². The lowest BCUT2D eigenvalue weighted by Crippen LogP contribution is -2.26. The van der Waals surface area contributed by atoms with E-state index < -0.39 is 0 Å². The Hall–Kier alpha value is -0.0100. The molecule has 0 aliphatic heterocycles. The monoisotopic (exact) mass is 216 g/mol. The summed E-state index contributed by atoms with van der Waals surface area (Å²) >= 11 is 5.65. The van der Waals surface area contributed by atoms with E-state index in [0.717, 1.165) is 17.4 Å². The average Bonchev–Trinajstić information content (AvgIpc) is 2.12. The molecule has 0 aromatic heterocycles. The van der Waals surface area contributed by atoms with Crippen molar-refractivity contribution in [2.24, 2.45) is 11.8 Å². The van der Waals surface area contributed by atoms with Gasteiger partial charge in [-0.3, -0.25) is 0 Å². The predicted octanol–water partition coefficient (Wildman–Crippen LogP) is 3.62. The summed E-state index contributed by atoms with van der Waals surface area (Å²) in [6.45, 7) is 9.09.